The summed E-state index contributed by atoms with van der Waals surface area (Å²) in [5, 5.41) is 10.8. The Morgan fingerprint density at radius 2 is 2.05 bits per heavy atom. The molecular formula is C12H17N3O4. The van der Waals surface area contributed by atoms with Crippen molar-refractivity contribution >= 4 is 5.69 Å². The molecule has 0 unspecified atom stereocenters. The quantitative estimate of drug-likeness (QED) is 0.583. The Labute approximate surface area is 110 Å². The first-order valence-corrected chi connectivity index (χ1v) is 6.23. The van der Waals surface area contributed by atoms with Crippen LogP contribution in [0, 0.1) is 17.0 Å². The first-order valence-electron chi connectivity index (χ1n) is 6.23. The van der Waals surface area contributed by atoms with Crippen LogP contribution in [-0.2, 0) is 11.3 Å². The normalized spacial score (nSPS) is 16.5. The molecule has 0 amide bonds. The molecule has 2 rings (SSSR count). The first kappa shape index (κ1) is 13.7. The number of aromatic nitrogens is 1. The second-order valence-electron chi connectivity index (χ2n) is 4.61. The van der Waals surface area contributed by atoms with Gasteiger partial charge in [0.15, 0.2) is 0 Å². The van der Waals surface area contributed by atoms with E-state index in [-0.39, 0.29) is 5.69 Å². The van der Waals surface area contributed by atoms with Crippen molar-refractivity contribution < 1.29 is 9.66 Å². The zero-order chi connectivity index (χ0) is 13.8. The molecule has 0 atom stereocenters. The number of hydrogen-bond acceptors (Lipinski definition) is 5. The van der Waals surface area contributed by atoms with Crippen molar-refractivity contribution in [3.63, 3.8) is 0 Å². The van der Waals surface area contributed by atoms with Gasteiger partial charge in [0.05, 0.1) is 18.1 Å². The maximum absolute atomic E-state index is 11.9. The van der Waals surface area contributed by atoms with Crippen LogP contribution in [0.2, 0.25) is 0 Å². The molecule has 104 valence electrons. The van der Waals surface area contributed by atoms with E-state index in [0.29, 0.717) is 31.9 Å². The summed E-state index contributed by atoms with van der Waals surface area (Å²) in [5.41, 5.74) is -0.181. The SMILES string of the molecule is Cc1cc([N+](=O)[O-])c(=O)n(CCN2CCOCC2)c1. The number of nitro groups is 1. The molecule has 0 aromatic carbocycles. The third-order valence-electron chi connectivity index (χ3n) is 3.16. The zero-order valence-corrected chi connectivity index (χ0v) is 10.9. The Kier molecular flexibility index (Phi) is 4.28. The van der Waals surface area contributed by atoms with Crippen molar-refractivity contribution in [2.75, 3.05) is 32.8 Å². The first-order chi connectivity index (χ1) is 9.08. The third kappa shape index (κ3) is 3.39. The number of ether oxygens (including phenoxy) is 1. The van der Waals surface area contributed by atoms with E-state index in [1.807, 2.05) is 0 Å². The van der Waals surface area contributed by atoms with E-state index in [1.54, 1.807) is 13.1 Å². The van der Waals surface area contributed by atoms with E-state index < -0.39 is 10.5 Å². The Balaban J connectivity index is 2.11. The van der Waals surface area contributed by atoms with Gasteiger partial charge < -0.3 is 9.30 Å². The minimum atomic E-state index is -0.624. The van der Waals surface area contributed by atoms with Gasteiger partial charge in [-0.2, -0.15) is 0 Å². The molecule has 19 heavy (non-hydrogen) atoms. The van der Waals surface area contributed by atoms with Crippen LogP contribution in [0.5, 0.6) is 0 Å². The minimum absolute atomic E-state index is 0.359. The van der Waals surface area contributed by atoms with Crippen molar-refractivity contribution in [3.8, 4) is 0 Å². The largest absolute Gasteiger partial charge is 0.379 e. The Morgan fingerprint density at radius 1 is 1.37 bits per heavy atom. The van der Waals surface area contributed by atoms with Crippen molar-refractivity contribution in [2.24, 2.45) is 0 Å². The molecule has 0 saturated carbocycles. The lowest BCUT2D eigenvalue weighted by Crippen LogP contribution is -2.39. The summed E-state index contributed by atoms with van der Waals surface area (Å²) < 4.78 is 6.67. The lowest BCUT2D eigenvalue weighted by atomic mass is 10.3. The molecule has 1 aromatic rings. The topological polar surface area (TPSA) is 77.6 Å². The fraction of sp³-hybridized carbons (Fsp3) is 0.583. The van der Waals surface area contributed by atoms with Crippen LogP contribution in [-0.4, -0.2) is 47.2 Å². The highest BCUT2D eigenvalue weighted by atomic mass is 16.6. The molecule has 1 aromatic heterocycles. The maximum Gasteiger partial charge on any atom is 0.334 e. The molecule has 7 nitrogen and oxygen atoms in total. The predicted molar refractivity (Wildman–Crippen MR) is 69.4 cm³/mol. The van der Waals surface area contributed by atoms with E-state index in [0.717, 1.165) is 13.1 Å². The molecule has 1 aliphatic heterocycles. The maximum atomic E-state index is 11.9. The summed E-state index contributed by atoms with van der Waals surface area (Å²) >= 11 is 0. The lowest BCUT2D eigenvalue weighted by molar-refractivity contribution is -0.386. The zero-order valence-electron chi connectivity index (χ0n) is 10.9. The van der Waals surface area contributed by atoms with E-state index in [1.165, 1.54) is 10.6 Å². The molecule has 0 spiro atoms. The van der Waals surface area contributed by atoms with Crippen LogP contribution in [0.1, 0.15) is 5.56 Å². The van der Waals surface area contributed by atoms with Gasteiger partial charge in [0.1, 0.15) is 0 Å². The van der Waals surface area contributed by atoms with E-state index >= 15 is 0 Å². The molecule has 0 radical (unpaired) electrons. The van der Waals surface area contributed by atoms with Gasteiger partial charge in [0.25, 0.3) is 0 Å². The van der Waals surface area contributed by atoms with Gasteiger partial charge in [0, 0.05) is 38.4 Å². The number of aryl methyl sites for hydroxylation is 1. The fourth-order valence-corrected chi connectivity index (χ4v) is 2.14. The number of pyridine rings is 1. The molecular weight excluding hydrogens is 250 g/mol. The van der Waals surface area contributed by atoms with Crippen LogP contribution in [0.15, 0.2) is 17.1 Å². The van der Waals surface area contributed by atoms with Gasteiger partial charge in [-0.1, -0.05) is 0 Å². The highest BCUT2D eigenvalue weighted by molar-refractivity contribution is 5.30. The fourth-order valence-electron chi connectivity index (χ4n) is 2.14. The summed E-state index contributed by atoms with van der Waals surface area (Å²) in [4.78, 5) is 24.3. The Morgan fingerprint density at radius 3 is 2.68 bits per heavy atom. The molecule has 0 aliphatic carbocycles. The summed E-state index contributed by atoms with van der Waals surface area (Å²) in [5.74, 6) is 0. The van der Waals surface area contributed by atoms with Crippen molar-refractivity contribution in [2.45, 2.75) is 13.5 Å². The van der Waals surface area contributed by atoms with Crippen molar-refractivity contribution in [3.05, 3.63) is 38.3 Å². The van der Waals surface area contributed by atoms with Crippen LogP contribution >= 0.6 is 0 Å². The summed E-state index contributed by atoms with van der Waals surface area (Å²) in [6.45, 7) is 5.97. The van der Waals surface area contributed by atoms with Crippen LogP contribution in [0.25, 0.3) is 0 Å². The van der Waals surface area contributed by atoms with Gasteiger partial charge in [0.2, 0.25) is 0 Å². The van der Waals surface area contributed by atoms with Crippen molar-refractivity contribution in [1.29, 1.82) is 0 Å². The van der Waals surface area contributed by atoms with E-state index in [4.69, 9.17) is 4.74 Å². The second kappa shape index (κ2) is 5.94. The van der Waals surface area contributed by atoms with E-state index in [2.05, 4.69) is 4.90 Å². The average Bonchev–Trinajstić information content (AvgIpc) is 2.40. The van der Waals surface area contributed by atoms with Crippen LogP contribution < -0.4 is 5.56 Å². The van der Waals surface area contributed by atoms with Gasteiger partial charge in [-0.15, -0.1) is 0 Å². The van der Waals surface area contributed by atoms with E-state index in [9.17, 15) is 14.9 Å². The predicted octanol–water partition coefficient (Wildman–Crippen LogP) is 0.397. The Bertz CT molecular complexity index is 520. The molecule has 0 N–H and O–H groups in total. The molecule has 1 aliphatic rings. The van der Waals surface area contributed by atoms with Gasteiger partial charge in [-0.25, -0.2) is 0 Å². The van der Waals surface area contributed by atoms with Gasteiger partial charge in [-0.05, 0) is 12.5 Å². The lowest BCUT2D eigenvalue weighted by Gasteiger charge is -2.26. The second-order valence-corrected chi connectivity index (χ2v) is 4.61. The minimum Gasteiger partial charge on any atom is -0.379 e. The van der Waals surface area contributed by atoms with Crippen LogP contribution in [0.4, 0.5) is 5.69 Å². The smallest absolute Gasteiger partial charge is 0.334 e. The molecule has 0 bridgehead atoms. The summed E-state index contributed by atoms with van der Waals surface area (Å²) in [6, 6.07) is 1.31. The standard InChI is InChI=1S/C12H17N3O4/c1-10-8-11(15(17)18)12(16)14(9-10)3-2-13-4-6-19-7-5-13/h8-9H,2-7H2,1H3. The monoisotopic (exact) mass is 267 g/mol. The highest BCUT2D eigenvalue weighted by Crippen LogP contribution is 2.07. The molecule has 7 heteroatoms. The molecule has 1 fully saturated rings. The summed E-state index contributed by atoms with van der Waals surface area (Å²) in [6.07, 6.45) is 1.66. The van der Waals surface area contributed by atoms with Crippen molar-refractivity contribution in [1.82, 2.24) is 9.47 Å². The average molecular weight is 267 g/mol. The number of morpholine rings is 1. The number of nitrogens with zero attached hydrogens (tertiary/aromatic N) is 3. The van der Waals surface area contributed by atoms with Gasteiger partial charge >= 0.3 is 11.2 Å². The number of hydrogen-bond donors (Lipinski definition) is 0. The summed E-state index contributed by atoms with van der Waals surface area (Å²) in [7, 11) is 0. The molecule has 1 saturated heterocycles. The molecule has 2 heterocycles. The third-order valence-corrected chi connectivity index (χ3v) is 3.16. The van der Waals surface area contributed by atoms with Crippen LogP contribution in [0.3, 0.4) is 0 Å². The van der Waals surface area contributed by atoms with Gasteiger partial charge in [-0.3, -0.25) is 19.8 Å². The number of rotatable bonds is 4. The Hall–Kier alpha value is -1.73. The highest BCUT2D eigenvalue weighted by Gasteiger charge is 2.16.